The Bertz CT molecular complexity index is 743. The number of nitrogens with zero attached hydrogens (tertiary/aromatic N) is 2. The predicted molar refractivity (Wildman–Crippen MR) is 102 cm³/mol. The quantitative estimate of drug-likeness (QED) is 0.458. The van der Waals surface area contributed by atoms with Gasteiger partial charge >= 0.3 is 11.9 Å². The summed E-state index contributed by atoms with van der Waals surface area (Å²) in [7, 11) is 0. The zero-order chi connectivity index (χ0) is 20.5. The predicted octanol–water partition coefficient (Wildman–Crippen LogP) is 1.57. The fraction of sp³-hybridized carbons (Fsp3) is 0.300. The van der Waals surface area contributed by atoms with Crippen molar-refractivity contribution in [2.75, 3.05) is 26.2 Å². The monoisotopic (exact) mass is 388 g/mol. The van der Waals surface area contributed by atoms with Crippen LogP contribution in [0.2, 0.25) is 0 Å². The van der Waals surface area contributed by atoms with Crippen LogP contribution in [-0.2, 0) is 22.7 Å². The molecule has 0 spiro atoms. The van der Waals surface area contributed by atoms with Gasteiger partial charge in [0.05, 0.1) is 13.1 Å². The number of phenols is 2. The Balaban J connectivity index is 2.04. The third-order valence-corrected chi connectivity index (χ3v) is 4.08. The van der Waals surface area contributed by atoms with Crippen LogP contribution in [0.15, 0.2) is 48.5 Å². The Morgan fingerprint density at radius 3 is 1.43 bits per heavy atom. The maximum Gasteiger partial charge on any atom is 0.317 e. The minimum absolute atomic E-state index is 0.101. The number of aliphatic carboxylic acids is 2. The van der Waals surface area contributed by atoms with E-state index in [1.807, 2.05) is 0 Å². The number of aromatic hydroxyl groups is 2. The molecule has 4 N–H and O–H groups in total. The summed E-state index contributed by atoms with van der Waals surface area (Å²) in [6.07, 6.45) is 0. The van der Waals surface area contributed by atoms with Gasteiger partial charge in [0.25, 0.3) is 0 Å². The van der Waals surface area contributed by atoms with Crippen LogP contribution in [0.4, 0.5) is 0 Å². The standard InChI is InChI=1S/C20H24N2O6/c23-17-5-1-3-15(9-17)11-21(13-19(25)26)7-8-22(14-20(27)28)12-16-4-2-6-18(24)10-16/h1-6,9-10,23-24H,7-8,11-14H2,(H,25,26)(H,27,28). The van der Waals surface area contributed by atoms with Crippen molar-refractivity contribution in [2.24, 2.45) is 0 Å². The molecule has 0 amide bonds. The average Bonchev–Trinajstić information content (AvgIpc) is 2.58. The number of carbonyl (C=O) groups is 2. The van der Waals surface area contributed by atoms with E-state index in [2.05, 4.69) is 0 Å². The third kappa shape index (κ3) is 7.65. The number of benzene rings is 2. The van der Waals surface area contributed by atoms with Crippen molar-refractivity contribution in [3.8, 4) is 11.5 Å². The molecule has 0 bridgehead atoms. The minimum atomic E-state index is -0.988. The van der Waals surface area contributed by atoms with Crippen LogP contribution in [0, 0.1) is 0 Å². The lowest BCUT2D eigenvalue weighted by Gasteiger charge is -2.26. The second-order valence-electron chi connectivity index (χ2n) is 6.55. The summed E-state index contributed by atoms with van der Waals surface area (Å²) >= 11 is 0. The fourth-order valence-corrected chi connectivity index (χ4v) is 2.92. The van der Waals surface area contributed by atoms with Crippen molar-refractivity contribution in [3.63, 3.8) is 0 Å². The van der Waals surface area contributed by atoms with Crippen LogP contribution in [0.1, 0.15) is 11.1 Å². The van der Waals surface area contributed by atoms with Crippen LogP contribution in [0.5, 0.6) is 11.5 Å². The van der Waals surface area contributed by atoms with Gasteiger partial charge in [-0.05, 0) is 35.4 Å². The van der Waals surface area contributed by atoms with Gasteiger partial charge in [0.1, 0.15) is 11.5 Å². The van der Waals surface area contributed by atoms with Gasteiger partial charge in [0, 0.05) is 26.2 Å². The van der Waals surface area contributed by atoms with Crippen LogP contribution in [0.3, 0.4) is 0 Å². The Morgan fingerprint density at radius 2 is 1.11 bits per heavy atom. The van der Waals surface area contributed by atoms with Crippen molar-refractivity contribution in [3.05, 3.63) is 59.7 Å². The van der Waals surface area contributed by atoms with Crippen LogP contribution >= 0.6 is 0 Å². The fourth-order valence-electron chi connectivity index (χ4n) is 2.92. The Kier molecular flexibility index (Phi) is 7.79. The Hall–Kier alpha value is -3.10. The van der Waals surface area contributed by atoms with Crippen LogP contribution < -0.4 is 0 Å². The molecule has 8 heteroatoms. The molecule has 0 atom stereocenters. The smallest absolute Gasteiger partial charge is 0.317 e. The molecule has 2 aromatic rings. The van der Waals surface area contributed by atoms with Crippen molar-refractivity contribution < 1.29 is 30.0 Å². The first kappa shape index (κ1) is 21.2. The van der Waals surface area contributed by atoms with Gasteiger partial charge in [-0.25, -0.2) is 0 Å². The summed E-state index contributed by atoms with van der Waals surface area (Å²) in [4.78, 5) is 25.7. The van der Waals surface area contributed by atoms with E-state index in [1.165, 1.54) is 12.1 Å². The van der Waals surface area contributed by atoms with E-state index in [9.17, 15) is 19.8 Å². The second kappa shape index (κ2) is 10.3. The molecule has 0 aliphatic carbocycles. The highest BCUT2D eigenvalue weighted by Crippen LogP contribution is 2.15. The van der Waals surface area contributed by atoms with Crippen LogP contribution in [0.25, 0.3) is 0 Å². The molecule has 0 fully saturated rings. The number of hydrogen-bond acceptors (Lipinski definition) is 6. The number of carboxylic acid groups (broad SMARTS) is 2. The van der Waals surface area contributed by atoms with Crippen molar-refractivity contribution in [1.29, 1.82) is 0 Å². The highest BCUT2D eigenvalue weighted by molar-refractivity contribution is 5.69. The average molecular weight is 388 g/mol. The molecule has 150 valence electrons. The van der Waals surface area contributed by atoms with Gasteiger partial charge in [-0.2, -0.15) is 0 Å². The van der Waals surface area contributed by atoms with E-state index >= 15 is 0 Å². The van der Waals surface area contributed by atoms with Gasteiger partial charge in [-0.3, -0.25) is 19.4 Å². The molecule has 8 nitrogen and oxygen atoms in total. The first-order chi connectivity index (χ1) is 13.3. The molecule has 0 heterocycles. The number of hydrogen-bond donors (Lipinski definition) is 4. The summed E-state index contributed by atoms with van der Waals surface area (Å²) in [6.45, 7) is 0.870. The second-order valence-corrected chi connectivity index (χ2v) is 6.55. The first-order valence-corrected chi connectivity index (χ1v) is 8.76. The summed E-state index contributed by atoms with van der Waals surface area (Å²) in [6, 6.07) is 13.1. The molecular weight excluding hydrogens is 364 g/mol. The molecule has 2 rings (SSSR count). The van der Waals surface area contributed by atoms with E-state index in [0.717, 1.165) is 11.1 Å². The number of phenolic OH excluding ortho intramolecular Hbond substituents is 2. The normalized spacial score (nSPS) is 11.1. The van der Waals surface area contributed by atoms with Crippen LogP contribution in [-0.4, -0.2) is 68.3 Å². The lowest BCUT2D eigenvalue weighted by molar-refractivity contribution is -0.140. The largest absolute Gasteiger partial charge is 0.508 e. The highest BCUT2D eigenvalue weighted by Gasteiger charge is 2.15. The Morgan fingerprint density at radius 1 is 0.714 bits per heavy atom. The minimum Gasteiger partial charge on any atom is -0.508 e. The summed E-state index contributed by atoms with van der Waals surface area (Å²) in [5, 5.41) is 37.5. The van der Waals surface area contributed by atoms with Gasteiger partial charge < -0.3 is 20.4 Å². The van der Waals surface area contributed by atoms with Crippen molar-refractivity contribution in [1.82, 2.24) is 9.80 Å². The Labute approximate surface area is 162 Å². The summed E-state index contributed by atoms with van der Waals surface area (Å²) in [5.74, 6) is -1.77. The van der Waals surface area contributed by atoms with Gasteiger partial charge in [0.2, 0.25) is 0 Å². The lowest BCUT2D eigenvalue weighted by atomic mass is 10.2. The van der Waals surface area contributed by atoms with E-state index in [1.54, 1.807) is 46.2 Å². The van der Waals surface area contributed by atoms with E-state index in [0.29, 0.717) is 26.2 Å². The number of carboxylic acids is 2. The summed E-state index contributed by atoms with van der Waals surface area (Å²) < 4.78 is 0. The first-order valence-electron chi connectivity index (χ1n) is 8.76. The maximum absolute atomic E-state index is 11.2. The topological polar surface area (TPSA) is 122 Å². The maximum atomic E-state index is 11.2. The van der Waals surface area contributed by atoms with Crippen molar-refractivity contribution >= 4 is 11.9 Å². The molecule has 28 heavy (non-hydrogen) atoms. The molecule has 0 aromatic heterocycles. The molecule has 0 saturated heterocycles. The zero-order valence-electron chi connectivity index (χ0n) is 15.4. The molecule has 2 aromatic carbocycles. The molecule has 0 unspecified atom stereocenters. The zero-order valence-corrected chi connectivity index (χ0v) is 15.4. The summed E-state index contributed by atoms with van der Waals surface area (Å²) in [5.41, 5.74) is 1.53. The van der Waals surface area contributed by atoms with Gasteiger partial charge in [0.15, 0.2) is 0 Å². The SMILES string of the molecule is O=C(O)CN(CCN(CC(=O)O)Cc1cccc(O)c1)Cc1cccc(O)c1. The van der Waals surface area contributed by atoms with Crippen molar-refractivity contribution in [2.45, 2.75) is 13.1 Å². The van der Waals surface area contributed by atoms with E-state index in [-0.39, 0.29) is 24.6 Å². The van der Waals surface area contributed by atoms with E-state index in [4.69, 9.17) is 10.2 Å². The van der Waals surface area contributed by atoms with Gasteiger partial charge in [-0.1, -0.05) is 24.3 Å². The molecular formula is C20H24N2O6. The van der Waals surface area contributed by atoms with E-state index < -0.39 is 11.9 Å². The molecule has 0 saturated carbocycles. The third-order valence-electron chi connectivity index (χ3n) is 4.08. The lowest BCUT2D eigenvalue weighted by Crippen LogP contribution is -2.39. The molecule has 0 aliphatic rings. The van der Waals surface area contributed by atoms with Gasteiger partial charge in [-0.15, -0.1) is 0 Å². The highest BCUT2D eigenvalue weighted by atomic mass is 16.4. The molecule has 0 radical (unpaired) electrons. The molecule has 0 aliphatic heterocycles. The number of rotatable bonds is 11.